The number of benzene rings is 1. The third-order valence-electron chi connectivity index (χ3n) is 3.09. The highest BCUT2D eigenvalue weighted by Crippen LogP contribution is 2.24. The van der Waals surface area contributed by atoms with Crippen LogP contribution in [0.5, 0.6) is 0 Å². The van der Waals surface area contributed by atoms with Crippen LogP contribution >= 0.6 is 33.9 Å². The molecular weight excluding hydrogens is 353 g/mol. The van der Waals surface area contributed by atoms with Crippen LogP contribution in [0.1, 0.15) is 28.3 Å². The van der Waals surface area contributed by atoms with E-state index in [-0.39, 0.29) is 0 Å². The van der Waals surface area contributed by atoms with Crippen LogP contribution < -0.4 is 5.32 Å². The predicted molar refractivity (Wildman–Crippen MR) is 88.4 cm³/mol. The molecule has 96 valence electrons. The van der Waals surface area contributed by atoms with Crippen LogP contribution in [0, 0.1) is 3.57 Å². The highest BCUT2D eigenvalue weighted by Gasteiger charge is 2.11. The number of hydrogen-bond donors (Lipinski definition) is 1. The molecular formula is C15H18INS. The first kappa shape index (κ1) is 14.0. The summed E-state index contributed by atoms with van der Waals surface area (Å²) in [6.07, 6.45) is 2.21. The minimum absolute atomic E-state index is 0.408. The molecule has 0 radical (unpaired) electrons. The fourth-order valence-corrected chi connectivity index (χ4v) is 3.37. The molecule has 0 aliphatic heterocycles. The maximum atomic E-state index is 3.42. The Labute approximate surface area is 127 Å². The number of hydrogen-bond acceptors (Lipinski definition) is 2. The first-order chi connectivity index (χ1) is 8.72. The molecule has 1 heterocycles. The van der Waals surface area contributed by atoms with Crippen LogP contribution in [0.2, 0.25) is 0 Å². The van der Waals surface area contributed by atoms with Crippen molar-refractivity contribution in [2.75, 3.05) is 7.05 Å². The molecule has 0 amide bonds. The smallest absolute Gasteiger partial charge is 0.0366 e. The van der Waals surface area contributed by atoms with Gasteiger partial charge in [-0.25, -0.2) is 0 Å². The molecule has 1 unspecified atom stereocenters. The summed E-state index contributed by atoms with van der Waals surface area (Å²) < 4.78 is 1.29. The third-order valence-corrected chi connectivity index (χ3v) is 5.06. The van der Waals surface area contributed by atoms with Crippen molar-refractivity contribution in [2.45, 2.75) is 25.8 Å². The second-order valence-corrected chi connectivity index (χ2v) is 6.82. The molecule has 0 spiro atoms. The molecule has 2 rings (SSSR count). The minimum Gasteiger partial charge on any atom is -0.313 e. The summed E-state index contributed by atoms with van der Waals surface area (Å²) in [6, 6.07) is 13.7. The largest absolute Gasteiger partial charge is 0.313 e. The second-order valence-electron chi connectivity index (χ2n) is 4.32. The quantitative estimate of drug-likeness (QED) is 0.768. The molecule has 0 fully saturated rings. The standard InChI is InChI=1S/C15H18INS/c1-3-13-8-9-14(18-13)10-15(17-2)11-4-6-12(16)7-5-11/h4-9,15,17H,3,10H2,1-2H3. The molecule has 0 saturated carbocycles. The lowest BCUT2D eigenvalue weighted by Crippen LogP contribution is -2.18. The zero-order valence-electron chi connectivity index (χ0n) is 10.7. The molecule has 1 nitrogen and oxygen atoms in total. The van der Waals surface area contributed by atoms with E-state index in [1.54, 1.807) is 0 Å². The van der Waals surface area contributed by atoms with E-state index in [0.29, 0.717) is 6.04 Å². The maximum Gasteiger partial charge on any atom is 0.0366 e. The van der Waals surface area contributed by atoms with Gasteiger partial charge in [0.1, 0.15) is 0 Å². The van der Waals surface area contributed by atoms with Gasteiger partial charge in [0.15, 0.2) is 0 Å². The van der Waals surface area contributed by atoms with E-state index in [2.05, 4.69) is 71.2 Å². The average Bonchev–Trinajstić information content (AvgIpc) is 2.85. The Bertz CT molecular complexity index is 489. The molecule has 3 heteroatoms. The number of rotatable bonds is 5. The van der Waals surface area contributed by atoms with Gasteiger partial charge in [0, 0.05) is 25.8 Å². The molecule has 0 aliphatic carbocycles. The molecule has 18 heavy (non-hydrogen) atoms. The molecule has 1 atom stereocenters. The number of thiophene rings is 1. The Morgan fingerprint density at radius 3 is 2.33 bits per heavy atom. The van der Waals surface area contributed by atoms with Gasteiger partial charge in [-0.1, -0.05) is 19.1 Å². The second kappa shape index (κ2) is 6.68. The van der Waals surface area contributed by atoms with Crippen LogP contribution in [0.15, 0.2) is 36.4 Å². The molecule has 2 aromatic rings. The highest BCUT2D eigenvalue weighted by atomic mass is 127. The zero-order chi connectivity index (χ0) is 13.0. The van der Waals surface area contributed by atoms with E-state index in [9.17, 15) is 0 Å². The van der Waals surface area contributed by atoms with Crippen LogP contribution in [0.4, 0.5) is 0 Å². The monoisotopic (exact) mass is 371 g/mol. The van der Waals surface area contributed by atoms with Gasteiger partial charge < -0.3 is 5.32 Å². The number of likely N-dealkylation sites (N-methyl/N-ethyl adjacent to an activating group) is 1. The first-order valence-electron chi connectivity index (χ1n) is 6.23. The fraction of sp³-hybridized carbons (Fsp3) is 0.333. The van der Waals surface area contributed by atoms with Crippen molar-refractivity contribution in [3.63, 3.8) is 0 Å². The van der Waals surface area contributed by atoms with Gasteiger partial charge in [-0.3, -0.25) is 0 Å². The van der Waals surface area contributed by atoms with Crippen molar-refractivity contribution in [1.29, 1.82) is 0 Å². The fourth-order valence-electron chi connectivity index (χ4n) is 2.00. The molecule has 1 aromatic carbocycles. The molecule has 0 bridgehead atoms. The van der Waals surface area contributed by atoms with E-state index in [0.717, 1.165) is 12.8 Å². The first-order valence-corrected chi connectivity index (χ1v) is 8.12. The van der Waals surface area contributed by atoms with Crippen LogP contribution in [0.25, 0.3) is 0 Å². The van der Waals surface area contributed by atoms with Crippen LogP contribution in [0.3, 0.4) is 0 Å². The van der Waals surface area contributed by atoms with Crippen LogP contribution in [-0.4, -0.2) is 7.05 Å². The van der Waals surface area contributed by atoms with Gasteiger partial charge in [-0.2, -0.15) is 0 Å². The minimum atomic E-state index is 0.408. The summed E-state index contributed by atoms with van der Waals surface area (Å²) >= 11 is 4.28. The Balaban J connectivity index is 2.11. The third kappa shape index (κ3) is 3.56. The van der Waals surface area contributed by atoms with Crippen molar-refractivity contribution in [3.05, 3.63) is 55.3 Å². The summed E-state index contributed by atoms with van der Waals surface area (Å²) in [5.74, 6) is 0. The van der Waals surface area contributed by atoms with Gasteiger partial charge >= 0.3 is 0 Å². The average molecular weight is 371 g/mol. The van der Waals surface area contributed by atoms with E-state index in [4.69, 9.17) is 0 Å². The van der Waals surface area contributed by atoms with Crippen molar-refractivity contribution in [3.8, 4) is 0 Å². The Kier molecular flexibility index (Phi) is 5.21. The van der Waals surface area contributed by atoms with E-state index >= 15 is 0 Å². The van der Waals surface area contributed by atoms with Gasteiger partial charge in [0.2, 0.25) is 0 Å². The van der Waals surface area contributed by atoms with Crippen molar-refractivity contribution in [2.24, 2.45) is 0 Å². The van der Waals surface area contributed by atoms with E-state index in [1.807, 2.05) is 18.4 Å². The van der Waals surface area contributed by atoms with Gasteiger partial charge in [-0.05, 0) is 65.9 Å². The molecule has 0 aliphatic rings. The molecule has 1 N–H and O–H groups in total. The SMILES string of the molecule is CCc1ccc(CC(NC)c2ccc(I)cc2)s1. The van der Waals surface area contributed by atoms with E-state index in [1.165, 1.54) is 18.9 Å². The summed E-state index contributed by atoms with van der Waals surface area (Å²) in [7, 11) is 2.04. The number of aryl methyl sites for hydroxylation is 1. The predicted octanol–water partition coefficient (Wildman–Crippen LogP) is 4.42. The summed E-state index contributed by atoms with van der Waals surface area (Å²) in [6.45, 7) is 2.21. The summed E-state index contributed by atoms with van der Waals surface area (Å²) in [5.41, 5.74) is 1.37. The maximum absolute atomic E-state index is 3.42. The highest BCUT2D eigenvalue weighted by molar-refractivity contribution is 14.1. The molecule has 1 aromatic heterocycles. The van der Waals surface area contributed by atoms with Gasteiger partial charge in [0.05, 0.1) is 0 Å². The Hall–Kier alpha value is -0.390. The molecule has 0 saturated heterocycles. The zero-order valence-corrected chi connectivity index (χ0v) is 13.7. The summed E-state index contributed by atoms with van der Waals surface area (Å²) in [4.78, 5) is 2.94. The summed E-state index contributed by atoms with van der Waals surface area (Å²) in [5, 5.41) is 3.42. The van der Waals surface area contributed by atoms with E-state index < -0.39 is 0 Å². The lowest BCUT2D eigenvalue weighted by Gasteiger charge is -2.15. The van der Waals surface area contributed by atoms with Crippen molar-refractivity contribution in [1.82, 2.24) is 5.32 Å². The lowest BCUT2D eigenvalue weighted by molar-refractivity contribution is 0.596. The van der Waals surface area contributed by atoms with Crippen LogP contribution in [-0.2, 0) is 12.8 Å². The Morgan fingerprint density at radius 1 is 1.11 bits per heavy atom. The van der Waals surface area contributed by atoms with Crippen molar-refractivity contribution < 1.29 is 0 Å². The topological polar surface area (TPSA) is 12.0 Å². The van der Waals surface area contributed by atoms with Gasteiger partial charge in [-0.15, -0.1) is 11.3 Å². The number of nitrogens with one attached hydrogen (secondary N) is 1. The number of halogens is 1. The lowest BCUT2D eigenvalue weighted by atomic mass is 10.0. The normalized spacial score (nSPS) is 12.6. The van der Waals surface area contributed by atoms with Gasteiger partial charge in [0.25, 0.3) is 0 Å². The van der Waals surface area contributed by atoms with Crippen molar-refractivity contribution >= 4 is 33.9 Å². The Morgan fingerprint density at radius 2 is 1.78 bits per heavy atom.